The van der Waals surface area contributed by atoms with Crippen molar-refractivity contribution >= 4 is 62.0 Å². The minimum Gasteiger partial charge on any atom is -0.336 e. The molecular weight excluding hydrogens is 397 g/mol. The van der Waals surface area contributed by atoms with E-state index in [2.05, 4.69) is 16.0 Å². The van der Waals surface area contributed by atoms with Gasteiger partial charge in [-0.1, -0.05) is 35.3 Å². The van der Waals surface area contributed by atoms with Crippen LogP contribution in [0.15, 0.2) is 30.3 Å². The molecule has 0 unspecified atom stereocenters. The highest BCUT2D eigenvalue weighted by Gasteiger charge is 2.25. The lowest BCUT2D eigenvalue weighted by atomic mass is 10.2. The van der Waals surface area contributed by atoms with Crippen molar-refractivity contribution in [2.75, 3.05) is 26.2 Å². The third-order valence-electron chi connectivity index (χ3n) is 4.24. The largest absolute Gasteiger partial charge is 0.336 e. The van der Waals surface area contributed by atoms with Crippen LogP contribution in [0.25, 0.3) is 10.2 Å². The molecule has 0 spiro atoms. The Balaban J connectivity index is 1.38. The van der Waals surface area contributed by atoms with E-state index in [1.807, 2.05) is 23.1 Å². The molecule has 0 aliphatic carbocycles. The van der Waals surface area contributed by atoms with Crippen LogP contribution in [0.3, 0.4) is 0 Å². The fourth-order valence-corrected chi connectivity index (χ4v) is 5.40. The first-order chi connectivity index (χ1) is 12.1. The van der Waals surface area contributed by atoms with Crippen molar-refractivity contribution in [2.24, 2.45) is 0 Å². The number of aromatic nitrogens is 1. The molecule has 1 amide bonds. The lowest BCUT2D eigenvalue weighted by Gasteiger charge is -2.34. The molecule has 25 heavy (non-hydrogen) atoms. The number of piperazine rings is 1. The van der Waals surface area contributed by atoms with Crippen LogP contribution in [0, 0.1) is 0 Å². The third kappa shape index (κ3) is 3.68. The van der Waals surface area contributed by atoms with Gasteiger partial charge in [0.15, 0.2) is 0 Å². The Morgan fingerprint density at radius 2 is 1.88 bits per heavy atom. The summed E-state index contributed by atoms with van der Waals surface area (Å²) in [5.74, 6) is -0.0345. The highest BCUT2D eigenvalue weighted by molar-refractivity contribution is 7.20. The summed E-state index contributed by atoms with van der Waals surface area (Å²) in [6.45, 7) is 3.86. The fraction of sp³-hybridized carbons (Fsp3) is 0.294. The third-order valence-corrected chi connectivity index (χ3v) is 6.75. The average Bonchev–Trinajstić information content (AvgIpc) is 3.16. The van der Waals surface area contributed by atoms with Gasteiger partial charge in [-0.3, -0.25) is 9.69 Å². The number of amides is 1. The Morgan fingerprint density at radius 1 is 1.12 bits per heavy atom. The molecule has 3 aromatic rings. The predicted octanol–water partition coefficient (Wildman–Crippen LogP) is 4.62. The normalized spacial score (nSPS) is 15.8. The number of benzene rings is 1. The van der Waals surface area contributed by atoms with Gasteiger partial charge in [-0.2, -0.15) is 0 Å². The number of fused-ring (bicyclic) bond motifs is 1. The van der Waals surface area contributed by atoms with E-state index in [-0.39, 0.29) is 5.91 Å². The SMILES string of the molecule is O=C(c1cc(Cl)sc1Cl)N1CCN(Cc2nc3ccccc3s2)CC1. The van der Waals surface area contributed by atoms with Crippen LogP contribution in [0.4, 0.5) is 0 Å². The van der Waals surface area contributed by atoms with Gasteiger partial charge in [-0.25, -0.2) is 4.98 Å². The first-order valence-electron chi connectivity index (χ1n) is 7.91. The number of carbonyl (C=O) groups excluding carboxylic acids is 1. The summed E-state index contributed by atoms with van der Waals surface area (Å²) < 4.78 is 2.23. The van der Waals surface area contributed by atoms with Crippen LogP contribution in [-0.4, -0.2) is 46.9 Å². The number of hydrogen-bond acceptors (Lipinski definition) is 5. The van der Waals surface area contributed by atoms with Crippen LogP contribution < -0.4 is 0 Å². The molecule has 3 heterocycles. The molecule has 4 nitrogen and oxygen atoms in total. The van der Waals surface area contributed by atoms with Gasteiger partial charge in [0.25, 0.3) is 5.91 Å². The van der Waals surface area contributed by atoms with Crippen molar-refractivity contribution in [3.8, 4) is 0 Å². The molecule has 1 saturated heterocycles. The predicted molar refractivity (Wildman–Crippen MR) is 105 cm³/mol. The van der Waals surface area contributed by atoms with E-state index in [0.717, 1.165) is 30.2 Å². The first kappa shape index (κ1) is 17.2. The number of thiazole rings is 1. The first-order valence-corrected chi connectivity index (χ1v) is 10.3. The van der Waals surface area contributed by atoms with Crippen molar-refractivity contribution in [1.82, 2.24) is 14.8 Å². The van der Waals surface area contributed by atoms with Crippen LogP contribution in [0.5, 0.6) is 0 Å². The van der Waals surface area contributed by atoms with Gasteiger partial charge in [-0.15, -0.1) is 22.7 Å². The van der Waals surface area contributed by atoms with Gasteiger partial charge in [-0.05, 0) is 18.2 Å². The van der Waals surface area contributed by atoms with Gasteiger partial charge in [0.1, 0.15) is 9.34 Å². The molecule has 8 heteroatoms. The van der Waals surface area contributed by atoms with Crippen molar-refractivity contribution in [3.05, 3.63) is 49.6 Å². The van der Waals surface area contributed by atoms with Crippen LogP contribution in [0.1, 0.15) is 15.4 Å². The zero-order valence-corrected chi connectivity index (χ0v) is 16.4. The summed E-state index contributed by atoms with van der Waals surface area (Å²) in [4.78, 5) is 21.4. The van der Waals surface area contributed by atoms with E-state index in [1.165, 1.54) is 16.0 Å². The molecular formula is C17H15Cl2N3OS2. The molecule has 0 radical (unpaired) electrons. The number of rotatable bonds is 3. The fourth-order valence-electron chi connectivity index (χ4n) is 2.94. The van der Waals surface area contributed by atoms with E-state index in [4.69, 9.17) is 23.2 Å². The number of nitrogens with zero attached hydrogens (tertiary/aromatic N) is 3. The second kappa shape index (κ2) is 7.21. The van der Waals surface area contributed by atoms with Gasteiger partial charge < -0.3 is 4.90 Å². The quantitative estimate of drug-likeness (QED) is 0.630. The lowest BCUT2D eigenvalue weighted by molar-refractivity contribution is 0.0629. The smallest absolute Gasteiger partial charge is 0.256 e. The lowest BCUT2D eigenvalue weighted by Crippen LogP contribution is -2.48. The molecule has 130 valence electrons. The summed E-state index contributed by atoms with van der Waals surface area (Å²) in [5.41, 5.74) is 1.57. The molecule has 0 saturated carbocycles. The van der Waals surface area contributed by atoms with Gasteiger partial charge in [0, 0.05) is 26.2 Å². The Bertz CT molecular complexity index is 883. The standard InChI is InChI=1S/C17H15Cl2N3OS2/c18-14-9-11(16(19)25-14)17(23)22-7-5-21(6-8-22)10-15-20-12-3-1-2-4-13(12)24-15/h1-4,9H,5-8,10H2. The maximum Gasteiger partial charge on any atom is 0.256 e. The number of para-hydroxylation sites is 1. The van der Waals surface area contributed by atoms with Crippen molar-refractivity contribution in [3.63, 3.8) is 0 Å². The molecule has 0 N–H and O–H groups in total. The van der Waals surface area contributed by atoms with Gasteiger partial charge in [0.2, 0.25) is 0 Å². The monoisotopic (exact) mass is 411 g/mol. The van der Waals surface area contributed by atoms with E-state index in [9.17, 15) is 4.79 Å². The number of hydrogen-bond donors (Lipinski definition) is 0. The summed E-state index contributed by atoms with van der Waals surface area (Å²) in [6.07, 6.45) is 0. The second-order valence-corrected chi connectivity index (χ2v) is 9.28. The zero-order valence-electron chi connectivity index (χ0n) is 13.2. The average molecular weight is 412 g/mol. The maximum absolute atomic E-state index is 12.6. The second-order valence-electron chi connectivity index (χ2n) is 5.88. The molecule has 1 fully saturated rings. The van der Waals surface area contributed by atoms with E-state index < -0.39 is 0 Å². The molecule has 1 aliphatic rings. The summed E-state index contributed by atoms with van der Waals surface area (Å²) >= 11 is 15.0. The zero-order chi connectivity index (χ0) is 17.4. The Kier molecular flexibility index (Phi) is 4.97. The van der Waals surface area contributed by atoms with Gasteiger partial charge in [0.05, 0.1) is 26.7 Å². The van der Waals surface area contributed by atoms with Crippen LogP contribution in [0.2, 0.25) is 8.67 Å². The molecule has 1 aliphatic heterocycles. The van der Waals surface area contributed by atoms with Crippen molar-refractivity contribution in [2.45, 2.75) is 6.54 Å². The molecule has 2 aromatic heterocycles. The summed E-state index contributed by atoms with van der Waals surface area (Å²) in [7, 11) is 0. The van der Waals surface area contributed by atoms with Crippen LogP contribution >= 0.6 is 45.9 Å². The Hall–Kier alpha value is -1.18. The molecule has 0 atom stereocenters. The van der Waals surface area contributed by atoms with E-state index >= 15 is 0 Å². The van der Waals surface area contributed by atoms with Crippen molar-refractivity contribution < 1.29 is 4.79 Å². The summed E-state index contributed by atoms with van der Waals surface area (Å²) in [6, 6.07) is 9.85. The highest BCUT2D eigenvalue weighted by atomic mass is 35.5. The van der Waals surface area contributed by atoms with E-state index in [1.54, 1.807) is 17.4 Å². The minimum atomic E-state index is -0.0345. The Labute approximate surface area is 163 Å². The van der Waals surface area contributed by atoms with Gasteiger partial charge >= 0.3 is 0 Å². The molecule has 4 rings (SSSR count). The number of halogens is 2. The minimum absolute atomic E-state index is 0.0345. The maximum atomic E-state index is 12.6. The molecule has 1 aromatic carbocycles. The summed E-state index contributed by atoms with van der Waals surface area (Å²) in [5, 5.41) is 1.12. The van der Waals surface area contributed by atoms with Crippen molar-refractivity contribution in [1.29, 1.82) is 0 Å². The van der Waals surface area contributed by atoms with E-state index in [0.29, 0.717) is 27.3 Å². The Morgan fingerprint density at radius 3 is 2.56 bits per heavy atom. The van der Waals surface area contributed by atoms with Crippen LogP contribution in [-0.2, 0) is 6.54 Å². The topological polar surface area (TPSA) is 36.4 Å². The molecule has 0 bridgehead atoms. The number of carbonyl (C=O) groups is 1. The number of thiophene rings is 1. The highest BCUT2D eigenvalue weighted by Crippen LogP contribution is 2.32.